The first-order valence-corrected chi connectivity index (χ1v) is 7.94. The lowest BCUT2D eigenvalue weighted by atomic mass is 9.59. The Morgan fingerprint density at radius 3 is 2.60 bits per heavy atom. The summed E-state index contributed by atoms with van der Waals surface area (Å²) in [4.78, 5) is 0. The Hall–Kier alpha value is -0.860. The summed E-state index contributed by atoms with van der Waals surface area (Å²) in [6.07, 6.45) is 6.02. The molecule has 0 bridgehead atoms. The first-order chi connectivity index (χ1) is 9.57. The van der Waals surface area contributed by atoms with Gasteiger partial charge in [-0.2, -0.15) is 0 Å². The van der Waals surface area contributed by atoms with Crippen molar-refractivity contribution in [2.75, 3.05) is 6.61 Å². The summed E-state index contributed by atoms with van der Waals surface area (Å²) in [6, 6.07) is 10.6. The molecule has 0 radical (unpaired) electrons. The average Bonchev–Trinajstić information content (AvgIpc) is 2.71. The highest BCUT2D eigenvalue weighted by Crippen LogP contribution is 2.59. The lowest BCUT2D eigenvalue weighted by Gasteiger charge is -2.49. The van der Waals surface area contributed by atoms with E-state index in [0.29, 0.717) is 5.92 Å². The highest BCUT2D eigenvalue weighted by Gasteiger charge is 2.58. The minimum Gasteiger partial charge on any atom is -0.396 e. The SMILES string of the molecule is C[C@]12CC[C@H](Cc3ccccc3)C[C@@]1(O)CC[C@@H]2CO. The normalized spacial score (nSPS) is 40.5. The first-order valence-electron chi connectivity index (χ1n) is 7.94. The molecular weight excluding hydrogens is 248 g/mol. The van der Waals surface area contributed by atoms with Crippen LogP contribution < -0.4 is 0 Å². The molecule has 0 amide bonds. The third-order valence-electron chi connectivity index (χ3n) is 6.16. The van der Waals surface area contributed by atoms with Crippen LogP contribution in [-0.4, -0.2) is 22.4 Å². The molecule has 0 saturated heterocycles. The van der Waals surface area contributed by atoms with Crippen molar-refractivity contribution in [3.05, 3.63) is 35.9 Å². The number of fused-ring (bicyclic) bond motifs is 1. The zero-order valence-electron chi connectivity index (χ0n) is 12.4. The molecule has 1 aromatic carbocycles. The van der Waals surface area contributed by atoms with Crippen LogP contribution in [0.3, 0.4) is 0 Å². The second-order valence-corrected chi connectivity index (χ2v) is 7.17. The van der Waals surface area contributed by atoms with Gasteiger partial charge in [0.2, 0.25) is 0 Å². The Kier molecular flexibility index (Phi) is 3.64. The molecule has 2 fully saturated rings. The third kappa shape index (κ3) is 2.19. The number of hydrogen-bond donors (Lipinski definition) is 2. The summed E-state index contributed by atoms with van der Waals surface area (Å²) >= 11 is 0. The maximum absolute atomic E-state index is 11.1. The summed E-state index contributed by atoms with van der Waals surface area (Å²) in [6.45, 7) is 2.42. The average molecular weight is 274 g/mol. The molecular formula is C18H26O2. The lowest BCUT2D eigenvalue weighted by molar-refractivity contribution is -0.119. The second-order valence-electron chi connectivity index (χ2n) is 7.17. The van der Waals surface area contributed by atoms with E-state index in [9.17, 15) is 10.2 Å². The van der Waals surface area contributed by atoms with E-state index in [1.165, 1.54) is 12.0 Å². The van der Waals surface area contributed by atoms with Crippen LogP contribution in [-0.2, 0) is 6.42 Å². The van der Waals surface area contributed by atoms with Crippen LogP contribution in [0.25, 0.3) is 0 Å². The molecule has 2 saturated carbocycles. The molecule has 0 unspecified atom stereocenters. The molecule has 20 heavy (non-hydrogen) atoms. The fraction of sp³-hybridized carbons (Fsp3) is 0.667. The van der Waals surface area contributed by atoms with E-state index in [0.717, 1.165) is 32.1 Å². The zero-order valence-corrected chi connectivity index (χ0v) is 12.4. The molecule has 2 N–H and O–H groups in total. The molecule has 0 heterocycles. The van der Waals surface area contributed by atoms with Crippen molar-refractivity contribution in [2.24, 2.45) is 17.3 Å². The van der Waals surface area contributed by atoms with Gasteiger partial charge in [0.25, 0.3) is 0 Å². The van der Waals surface area contributed by atoms with Gasteiger partial charge in [0.15, 0.2) is 0 Å². The fourth-order valence-corrected chi connectivity index (χ4v) is 4.67. The number of rotatable bonds is 3. The topological polar surface area (TPSA) is 40.5 Å². The first kappa shape index (κ1) is 14.1. The van der Waals surface area contributed by atoms with Gasteiger partial charge in [-0.05, 0) is 55.9 Å². The molecule has 2 heteroatoms. The smallest absolute Gasteiger partial charge is 0.0707 e. The quantitative estimate of drug-likeness (QED) is 0.889. The Labute approximate surface area is 121 Å². The van der Waals surface area contributed by atoms with Crippen molar-refractivity contribution >= 4 is 0 Å². The van der Waals surface area contributed by atoms with E-state index in [1.807, 2.05) is 0 Å². The highest BCUT2D eigenvalue weighted by molar-refractivity contribution is 5.17. The molecule has 4 atom stereocenters. The number of benzene rings is 1. The Bertz CT molecular complexity index is 458. The number of hydrogen-bond acceptors (Lipinski definition) is 2. The number of aliphatic hydroxyl groups is 2. The van der Waals surface area contributed by atoms with E-state index in [-0.39, 0.29) is 17.9 Å². The summed E-state index contributed by atoms with van der Waals surface area (Å²) in [5.41, 5.74) is 0.744. The van der Waals surface area contributed by atoms with E-state index in [2.05, 4.69) is 37.3 Å². The molecule has 110 valence electrons. The van der Waals surface area contributed by atoms with Gasteiger partial charge < -0.3 is 10.2 Å². The Balaban J connectivity index is 1.72. The Morgan fingerprint density at radius 1 is 1.15 bits per heavy atom. The van der Waals surface area contributed by atoms with Crippen molar-refractivity contribution in [1.82, 2.24) is 0 Å². The van der Waals surface area contributed by atoms with Gasteiger partial charge >= 0.3 is 0 Å². The van der Waals surface area contributed by atoms with E-state index >= 15 is 0 Å². The Morgan fingerprint density at radius 2 is 1.90 bits per heavy atom. The van der Waals surface area contributed by atoms with Crippen LogP contribution in [0.1, 0.15) is 44.6 Å². The third-order valence-corrected chi connectivity index (χ3v) is 6.16. The minimum atomic E-state index is -0.557. The van der Waals surface area contributed by atoms with Crippen LogP contribution in [0.5, 0.6) is 0 Å². The van der Waals surface area contributed by atoms with Crippen LogP contribution in [0.15, 0.2) is 30.3 Å². The van der Waals surface area contributed by atoms with Gasteiger partial charge in [0, 0.05) is 12.0 Å². The summed E-state index contributed by atoms with van der Waals surface area (Å²) < 4.78 is 0. The molecule has 2 aliphatic carbocycles. The van der Waals surface area contributed by atoms with E-state index in [4.69, 9.17) is 0 Å². The van der Waals surface area contributed by atoms with Crippen molar-refractivity contribution in [3.8, 4) is 0 Å². The molecule has 0 spiro atoms. The van der Waals surface area contributed by atoms with Crippen molar-refractivity contribution < 1.29 is 10.2 Å². The molecule has 0 aromatic heterocycles. The van der Waals surface area contributed by atoms with Gasteiger partial charge in [-0.1, -0.05) is 37.3 Å². The predicted molar refractivity (Wildman–Crippen MR) is 80.4 cm³/mol. The standard InChI is InChI=1S/C18H26O2/c1-17-9-7-15(11-14-5-3-2-4-6-14)12-18(17,20)10-8-16(17)13-19/h2-6,15-16,19-20H,7-13H2,1H3/t15-,16-,17-,18+/m1/s1. The van der Waals surface area contributed by atoms with Crippen molar-refractivity contribution in [1.29, 1.82) is 0 Å². The summed E-state index contributed by atoms with van der Waals surface area (Å²) in [5, 5.41) is 20.7. The fourth-order valence-electron chi connectivity index (χ4n) is 4.67. The molecule has 0 aliphatic heterocycles. The van der Waals surface area contributed by atoms with Crippen LogP contribution >= 0.6 is 0 Å². The zero-order chi connectivity index (χ0) is 14.2. The summed E-state index contributed by atoms with van der Waals surface area (Å²) in [7, 11) is 0. The summed E-state index contributed by atoms with van der Waals surface area (Å²) in [5.74, 6) is 0.859. The van der Waals surface area contributed by atoms with Gasteiger partial charge in [0.05, 0.1) is 5.60 Å². The monoisotopic (exact) mass is 274 g/mol. The maximum atomic E-state index is 11.1. The van der Waals surface area contributed by atoms with Crippen molar-refractivity contribution in [3.63, 3.8) is 0 Å². The predicted octanol–water partition coefficient (Wildman–Crippen LogP) is 3.17. The van der Waals surface area contributed by atoms with Crippen LogP contribution in [0.4, 0.5) is 0 Å². The van der Waals surface area contributed by atoms with Gasteiger partial charge in [-0.3, -0.25) is 0 Å². The molecule has 2 aliphatic rings. The van der Waals surface area contributed by atoms with Crippen LogP contribution in [0, 0.1) is 17.3 Å². The molecule has 2 nitrogen and oxygen atoms in total. The lowest BCUT2D eigenvalue weighted by Crippen LogP contribution is -2.50. The second kappa shape index (κ2) is 5.16. The maximum Gasteiger partial charge on any atom is 0.0707 e. The molecule has 3 rings (SSSR count). The minimum absolute atomic E-state index is 0.0745. The van der Waals surface area contributed by atoms with Crippen molar-refractivity contribution in [2.45, 2.75) is 51.0 Å². The van der Waals surface area contributed by atoms with E-state index < -0.39 is 5.60 Å². The highest BCUT2D eigenvalue weighted by atomic mass is 16.3. The number of aliphatic hydroxyl groups excluding tert-OH is 1. The largest absolute Gasteiger partial charge is 0.396 e. The van der Waals surface area contributed by atoms with Gasteiger partial charge in [-0.25, -0.2) is 0 Å². The van der Waals surface area contributed by atoms with Crippen LogP contribution in [0.2, 0.25) is 0 Å². The molecule has 1 aromatic rings. The van der Waals surface area contributed by atoms with Gasteiger partial charge in [0.1, 0.15) is 0 Å². The van der Waals surface area contributed by atoms with E-state index in [1.54, 1.807) is 0 Å². The van der Waals surface area contributed by atoms with Gasteiger partial charge in [-0.15, -0.1) is 0 Å².